The topological polar surface area (TPSA) is 59.1 Å². The summed E-state index contributed by atoms with van der Waals surface area (Å²) in [6.07, 6.45) is 1.22. The number of hydrogen-bond donors (Lipinski definition) is 1. The highest BCUT2D eigenvalue weighted by Gasteiger charge is 2.11. The third-order valence-electron chi connectivity index (χ3n) is 2.01. The van der Waals surface area contributed by atoms with Crippen LogP contribution >= 0.6 is 11.6 Å². The van der Waals surface area contributed by atoms with Gasteiger partial charge in [0.05, 0.1) is 17.1 Å². The molecule has 0 aromatic carbocycles. The fraction of sp³-hybridized carbons (Fsp3) is 0.500. The summed E-state index contributed by atoms with van der Waals surface area (Å²) >= 11 is 5.73. The zero-order chi connectivity index (χ0) is 12.3. The van der Waals surface area contributed by atoms with E-state index in [0.29, 0.717) is 5.15 Å². The van der Waals surface area contributed by atoms with Gasteiger partial charge in [-0.05, 0) is 26.0 Å². The molecule has 1 N–H and O–H groups in total. The van der Waals surface area contributed by atoms with Crippen LogP contribution in [0.15, 0.2) is 12.1 Å². The van der Waals surface area contributed by atoms with E-state index in [-0.39, 0.29) is 11.8 Å². The summed E-state index contributed by atoms with van der Waals surface area (Å²) in [5.41, 5.74) is 1.56. The lowest BCUT2D eigenvalue weighted by molar-refractivity contribution is 0.598. The van der Waals surface area contributed by atoms with Gasteiger partial charge in [-0.1, -0.05) is 11.6 Å². The molecule has 16 heavy (non-hydrogen) atoms. The molecule has 0 fully saturated rings. The highest BCUT2D eigenvalue weighted by molar-refractivity contribution is 7.90. The van der Waals surface area contributed by atoms with Crippen LogP contribution in [0.4, 0.5) is 5.69 Å². The molecule has 0 amide bonds. The maximum absolute atomic E-state index is 11.1. The van der Waals surface area contributed by atoms with E-state index >= 15 is 0 Å². The lowest BCUT2D eigenvalue weighted by atomic mass is 10.3. The first-order chi connectivity index (χ1) is 7.28. The van der Waals surface area contributed by atoms with Crippen molar-refractivity contribution in [1.82, 2.24) is 4.98 Å². The van der Waals surface area contributed by atoms with E-state index in [9.17, 15) is 8.42 Å². The Kier molecular flexibility index (Phi) is 4.15. The Hall–Kier alpha value is -0.810. The highest BCUT2D eigenvalue weighted by Crippen LogP contribution is 2.16. The van der Waals surface area contributed by atoms with Crippen molar-refractivity contribution in [1.29, 1.82) is 0 Å². The first-order valence-electron chi connectivity index (χ1n) is 4.85. The molecule has 1 unspecified atom stereocenters. The van der Waals surface area contributed by atoms with Crippen LogP contribution in [0.2, 0.25) is 5.15 Å². The van der Waals surface area contributed by atoms with Crippen molar-refractivity contribution in [2.24, 2.45) is 0 Å². The molecular formula is C10H15ClN2O2S. The zero-order valence-electron chi connectivity index (χ0n) is 9.49. The SMILES string of the molecule is Cc1nc(Cl)ccc1NC(C)CS(C)(=O)=O. The number of aryl methyl sites for hydroxylation is 1. The molecule has 1 rings (SSSR count). The Morgan fingerprint density at radius 1 is 1.50 bits per heavy atom. The van der Waals surface area contributed by atoms with Gasteiger partial charge in [0.2, 0.25) is 0 Å². The molecule has 0 aliphatic carbocycles. The van der Waals surface area contributed by atoms with Crippen LogP contribution in [0.25, 0.3) is 0 Å². The second kappa shape index (κ2) is 5.01. The molecule has 90 valence electrons. The first-order valence-corrected chi connectivity index (χ1v) is 7.29. The van der Waals surface area contributed by atoms with E-state index in [0.717, 1.165) is 11.4 Å². The minimum atomic E-state index is -2.97. The smallest absolute Gasteiger partial charge is 0.149 e. The maximum atomic E-state index is 11.1. The molecular weight excluding hydrogens is 248 g/mol. The van der Waals surface area contributed by atoms with Gasteiger partial charge in [0.25, 0.3) is 0 Å². The van der Waals surface area contributed by atoms with Crippen molar-refractivity contribution in [3.63, 3.8) is 0 Å². The monoisotopic (exact) mass is 262 g/mol. The van der Waals surface area contributed by atoms with Gasteiger partial charge in [0.1, 0.15) is 15.0 Å². The molecule has 1 heterocycles. The summed E-state index contributed by atoms with van der Waals surface area (Å²) in [4.78, 5) is 4.08. The number of aromatic nitrogens is 1. The number of anilines is 1. The minimum Gasteiger partial charge on any atom is -0.380 e. The average Bonchev–Trinajstić information content (AvgIpc) is 2.06. The number of halogens is 1. The van der Waals surface area contributed by atoms with Crippen LogP contribution in [0.3, 0.4) is 0 Å². The average molecular weight is 263 g/mol. The second-order valence-electron chi connectivity index (χ2n) is 3.90. The van der Waals surface area contributed by atoms with Crippen molar-refractivity contribution in [3.8, 4) is 0 Å². The van der Waals surface area contributed by atoms with Crippen molar-refractivity contribution >= 4 is 27.1 Å². The molecule has 4 nitrogen and oxygen atoms in total. The lowest BCUT2D eigenvalue weighted by Gasteiger charge is -2.15. The molecule has 0 saturated carbocycles. The van der Waals surface area contributed by atoms with Gasteiger partial charge < -0.3 is 5.32 Å². The quantitative estimate of drug-likeness (QED) is 0.842. The van der Waals surface area contributed by atoms with E-state index in [1.54, 1.807) is 12.1 Å². The fourth-order valence-corrected chi connectivity index (χ4v) is 2.63. The number of pyridine rings is 1. The molecule has 0 aliphatic rings. The van der Waals surface area contributed by atoms with Crippen LogP contribution < -0.4 is 5.32 Å². The first kappa shape index (κ1) is 13.3. The molecule has 1 atom stereocenters. The van der Waals surface area contributed by atoms with Crippen LogP contribution in [0, 0.1) is 6.92 Å². The van der Waals surface area contributed by atoms with Crippen LogP contribution in [0.5, 0.6) is 0 Å². The van der Waals surface area contributed by atoms with Crippen molar-refractivity contribution in [3.05, 3.63) is 23.0 Å². The molecule has 0 radical (unpaired) electrons. The van der Waals surface area contributed by atoms with E-state index in [2.05, 4.69) is 10.3 Å². The van der Waals surface area contributed by atoms with Gasteiger partial charge in [-0.3, -0.25) is 0 Å². The Morgan fingerprint density at radius 2 is 2.12 bits per heavy atom. The van der Waals surface area contributed by atoms with Crippen molar-refractivity contribution < 1.29 is 8.42 Å². The van der Waals surface area contributed by atoms with Gasteiger partial charge >= 0.3 is 0 Å². The third-order valence-corrected chi connectivity index (χ3v) is 3.32. The molecule has 0 spiro atoms. The normalized spacial score (nSPS) is 13.5. The van der Waals surface area contributed by atoms with E-state index < -0.39 is 9.84 Å². The number of nitrogens with one attached hydrogen (secondary N) is 1. The molecule has 0 bridgehead atoms. The predicted octanol–water partition coefficient (Wildman–Crippen LogP) is 1.89. The van der Waals surface area contributed by atoms with Crippen LogP contribution in [0.1, 0.15) is 12.6 Å². The van der Waals surface area contributed by atoms with Gasteiger partial charge in [0.15, 0.2) is 0 Å². The van der Waals surface area contributed by atoms with E-state index in [1.807, 2.05) is 13.8 Å². The Bertz CT molecular complexity index is 474. The zero-order valence-corrected chi connectivity index (χ0v) is 11.1. The van der Waals surface area contributed by atoms with Gasteiger partial charge in [-0.25, -0.2) is 13.4 Å². The van der Waals surface area contributed by atoms with Crippen LogP contribution in [-0.4, -0.2) is 31.5 Å². The summed E-state index contributed by atoms with van der Waals surface area (Å²) in [5.74, 6) is 0.0923. The highest BCUT2D eigenvalue weighted by atomic mass is 35.5. The van der Waals surface area contributed by atoms with E-state index in [4.69, 9.17) is 11.6 Å². The standard InChI is InChI=1S/C10H15ClN2O2S/c1-7(6-16(3,14)15)12-9-4-5-10(11)13-8(9)2/h4-5,7,12H,6H2,1-3H3. The summed E-state index contributed by atoms with van der Waals surface area (Å²) in [6.45, 7) is 3.64. The largest absolute Gasteiger partial charge is 0.380 e. The van der Waals surface area contributed by atoms with E-state index in [1.165, 1.54) is 6.26 Å². The number of hydrogen-bond acceptors (Lipinski definition) is 4. The maximum Gasteiger partial charge on any atom is 0.149 e. The summed E-state index contributed by atoms with van der Waals surface area (Å²) in [5, 5.41) is 3.52. The molecule has 0 saturated heterocycles. The number of sulfone groups is 1. The number of rotatable bonds is 4. The van der Waals surface area contributed by atoms with Gasteiger partial charge in [-0.2, -0.15) is 0 Å². The van der Waals surface area contributed by atoms with Crippen LogP contribution in [-0.2, 0) is 9.84 Å². The van der Waals surface area contributed by atoms with Crippen molar-refractivity contribution in [2.75, 3.05) is 17.3 Å². The Labute approximate surface area is 101 Å². The second-order valence-corrected chi connectivity index (χ2v) is 6.48. The summed E-state index contributed by atoms with van der Waals surface area (Å²) in [6, 6.07) is 3.31. The van der Waals surface area contributed by atoms with Gasteiger partial charge in [-0.15, -0.1) is 0 Å². The number of nitrogens with zero attached hydrogens (tertiary/aromatic N) is 1. The lowest BCUT2D eigenvalue weighted by Crippen LogP contribution is -2.25. The third kappa shape index (κ3) is 4.37. The molecule has 6 heteroatoms. The van der Waals surface area contributed by atoms with Gasteiger partial charge in [0, 0.05) is 12.3 Å². The van der Waals surface area contributed by atoms with Crippen molar-refractivity contribution in [2.45, 2.75) is 19.9 Å². The summed E-state index contributed by atoms with van der Waals surface area (Å²) < 4.78 is 22.2. The molecule has 0 aliphatic heterocycles. The predicted molar refractivity (Wildman–Crippen MR) is 66.8 cm³/mol. The minimum absolute atomic E-state index is 0.0923. The Balaban J connectivity index is 2.73. The molecule has 1 aromatic heterocycles. The Morgan fingerprint density at radius 3 is 2.62 bits per heavy atom. The molecule has 1 aromatic rings. The summed E-state index contributed by atoms with van der Waals surface area (Å²) in [7, 11) is -2.97. The fourth-order valence-electron chi connectivity index (χ4n) is 1.44.